The Labute approximate surface area is 188 Å². The van der Waals surface area contributed by atoms with E-state index in [0.29, 0.717) is 0 Å². The fourth-order valence-corrected chi connectivity index (χ4v) is 5.28. The number of thiophene rings is 1. The Morgan fingerprint density at radius 1 is 1.00 bits per heavy atom. The Hall–Kier alpha value is -2.60. The molecule has 3 heterocycles. The molecule has 0 aliphatic carbocycles. The minimum absolute atomic E-state index is 0.0135. The molecule has 31 heavy (non-hydrogen) atoms. The number of aryl methyl sites for hydroxylation is 3. The molecule has 0 radical (unpaired) electrons. The Morgan fingerprint density at radius 2 is 1.68 bits per heavy atom. The van der Waals surface area contributed by atoms with Gasteiger partial charge in [-0.3, -0.25) is 4.79 Å². The van der Waals surface area contributed by atoms with Crippen LogP contribution in [0.2, 0.25) is 0 Å². The van der Waals surface area contributed by atoms with Crippen molar-refractivity contribution in [1.82, 2.24) is 9.80 Å². The number of likely N-dealkylation sites (tertiary alicyclic amines) is 2. The zero-order valence-electron chi connectivity index (χ0n) is 18.6. The van der Waals surface area contributed by atoms with E-state index in [0.717, 1.165) is 62.3 Å². The van der Waals surface area contributed by atoms with Gasteiger partial charge in [0.1, 0.15) is 0 Å². The lowest BCUT2D eigenvalue weighted by atomic mass is 9.78. The quantitative estimate of drug-likeness (QED) is 0.668. The molecule has 2 fully saturated rings. The zero-order valence-corrected chi connectivity index (χ0v) is 19.4. The fraction of sp³-hybridized carbons (Fsp3) is 0.440. The Kier molecular flexibility index (Phi) is 6.19. The highest BCUT2D eigenvalue weighted by molar-refractivity contribution is 7.08. The highest BCUT2D eigenvalue weighted by Gasteiger charge is 2.42. The monoisotopic (exact) mass is 437 g/mol. The van der Waals surface area contributed by atoms with Gasteiger partial charge in [0.2, 0.25) is 5.91 Å². The third-order valence-electron chi connectivity index (χ3n) is 6.91. The molecule has 0 bridgehead atoms. The van der Waals surface area contributed by atoms with Gasteiger partial charge >= 0.3 is 6.03 Å². The molecule has 2 aromatic rings. The van der Waals surface area contributed by atoms with Crippen molar-refractivity contribution < 1.29 is 9.59 Å². The number of carbonyl (C=O) groups excluding carboxylic acids is 2. The first-order valence-electron chi connectivity index (χ1n) is 11.0. The molecule has 3 amide bonds. The SMILES string of the molecule is Cc1cc(C)c(NC(=O)N2CCC3(CCN(C(=O)C=Cc4ccsc4)CC3)C2)cc1C. The van der Waals surface area contributed by atoms with E-state index in [9.17, 15) is 9.59 Å². The van der Waals surface area contributed by atoms with E-state index in [1.807, 2.05) is 39.6 Å². The van der Waals surface area contributed by atoms with Gasteiger partial charge in [-0.25, -0.2) is 4.79 Å². The number of hydrogen-bond acceptors (Lipinski definition) is 3. The summed E-state index contributed by atoms with van der Waals surface area (Å²) >= 11 is 1.63. The van der Waals surface area contributed by atoms with E-state index in [1.54, 1.807) is 17.4 Å². The maximum atomic E-state index is 12.9. The van der Waals surface area contributed by atoms with Gasteiger partial charge in [-0.05, 0) is 96.7 Å². The van der Waals surface area contributed by atoms with Crippen molar-refractivity contribution in [1.29, 1.82) is 0 Å². The predicted molar refractivity (Wildman–Crippen MR) is 127 cm³/mol. The number of nitrogens with zero attached hydrogens (tertiary/aromatic N) is 2. The first-order valence-corrected chi connectivity index (χ1v) is 11.9. The molecule has 2 aliphatic heterocycles. The maximum Gasteiger partial charge on any atom is 0.321 e. The summed E-state index contributed by atoms with van der Waals surface area (Å²) in [5.74, 6) is 0.0823. The average Bonchev–Trinajstić information content (AvgIpc) is 3.41. The molecule has 0 unspecified atom stereocenters. The van der Waals surface area contributed by atoms with Crippen molar-refractivity contribution in [3.05, 3.63) is 57.3 Å². The summed E-state index contributed by atoms with van der Waals surface area (Å²) in [5.41, 5.74) is 5.62. The minimum atomic E-state index is -0.0135. The molecule has 2 aliphatic rings. The summed E-state index contributed by atoms with van der Waals surface area (Å²) in [5, 5.41) is 7.16. The number of carbonyl (C=O) groups is 2. The molecule has 164 valence electrons. The average molecular weight is 438 g/mol. The number of benzene rings is 1. The number of amides is 3. The van der Waals surface area contributed by atoms with Gasteiger partial charge in [0.25, 0.3) is 0 Å². The molecule has 1 N–H and O–H groups in total. The molecular formula is C25H31N3O2S. The normalized spacial score (nSPS) is 18.2. The summed E-state index contributed by atoms with van der Waals surface area (Å²) in [7, 11) is 0. The Bertz CT molecular complexity index is 988. The van der Waals surface area contributed by atoms with Crippen molar-refractivity contribution in [3.63, 3.8) is 0 Å². The van der Waals surface area contributed by atoms with E-state index in [1.165, 1.54) is 11.1 Å². The van der Waals surface area contributed by atoms with Gasteiger partial charge in [-0.15, -0.1) is 0 Å². The van der Waals surface area contributed by atoms with Crippen LogP contribution in [-0.2, 0) is 4.79 Å². The van der Waals surface area contributed by atoms with Crippen LogP contribution in [0.15, 0.2) is 35.0 Å². The summed E-state index contributed by atoms with van der Waals surface area (Å²) < 4.78 is 0. The minimum Gasteiger partial charge on any atom is -0.339 e. The van der Waals surface area contributed by atoms with Crippen LogP contribution >= 0.6 is 11.3 Å². The number of anilines is 1. The van der Waals surface area contributed by atoms with Gasteiger partial charge < -0.3 is 15.1 Å². The van der Waals surface area contributed by atoms with Crippen LogP contribution in [0.5, 0.6) is 0 Å². The number of hydrogen-bond donors (Lipinski definition) is 1. The lowest BCUT2D eigenvalue weighted by Crippen LogP contribution is -2.44. The lowest BCUT2D eigenvalue weighted by Gasteiger charge is -2.38. The highest BCUT2D eigenvalue weighted by Crippen LogP contribution is 2.40. The van der Waals surface area contributed by atoms with Crippen LogP contribution in [0.3, 0.4) is 0 Å². The summed E-state index contributed by atoms with van der Waals surface area (Å²) in [4.78, 5) is 29.3. The van der Waals surface area contributed by atoms with Crippen molar-refractivity contribution in [2.45, 2.75) is 40.0 Å². The van der Waals surface area contributed by atoms with Gasteiger partial charge in [-0.1, -0.05) is 6.07 Å². The molecule has 6 heteroatoms. The van der Waals surface area contributed by atoms with Crippen molar-refractivity contribution in [3.8, 4) is 0 Å². The standard InChI is InChI=1S/C25H31N3O2S/c1-18-14-20(3)22(15-19(18)2)26-24(30)28-12-9-25(17-28)7-10-27(11-8-25)23(29)5-4-21-6-13-31-16-21/h4-6,13-16H,7-12,17H2,1-3H3,(H,26,30). The molecule has 1 aromatic heterocycles. The van der Waals surface area contributed by atoms with Crippen molar-refractivity contribution in [2.24, 2.45) is 5.41 Å². The maximum absolute atomic E-state index is 12.9. The first-order chi connectivity index (χ1) is 14.8. The smallest absolute Gasteiger partial charge is 0.321 e. The summed E-state index contributed by atoms with van der Waals surface area (Å²) in [6.07, 6.45) is 6.49. The number of piperidine rings is 1. The third kappa shape index (κ3) is 4.85. The van der Waals surface area contributed by atoms with Crippen molar-refractivity contribution in [2.75, 3.05) is 31.5 Å². The van der Waals surface area contributed by atoms with E-state index in [4.69, 9.17) is 0 Å². The molecule has 0 atom stereocenters. The van der Waals surface area contributed by atoms with Crippen LogP contribution < -0.4 is 5.32 Å². The molecular weight excluding hydrogens is 406 g/mol. The van der Waals surface area contributed by atoms with Crippen LogP contribution in [-0.4, -0.2) is 47.9 Å². The summed E-state index contributed by atoms with van der Waals surface area (Å²) in [6.45, 7) is 9.27. The lowest BCUT2D eigenvalue weighted by molar-refractivity contribution is -0.128. The van der Waals surface area contributed by atoms with Gasteiger partial charge in [0.15, 0.2) is 0 Å². The van der Waals surface area contributed by atoms with Crippen molar-refractivity contribution >= 4 is 35.0 Å². The van der Waals surface area contributed by atoms with Crippen LogP contribution in [0.1, 0.15) is 41.5 Å². The largest absolute Gasteiger partial charge is 0.339 e. The van der Waals surface area contributed by atoms with E-state index >= 15 is 0 Å². The number of rotatable bonds is 3. The zero-order chi connectivity index (χ0) is 22.0. The molecule has 5 nitrogen and oxygen atoms in total. The highest BCUT2D eigenvalue weighted by atomic mass is 32.1. The first kappa shape index (κ1) is 21.6. The molecule has 2 saturated heterocycles. The van der Waals surface area contributed by atoms with Gasteiger partial charge in [-0.2, -0.15) is 11.3 Å². The Balaban J connectivity index is 1.31. The number of urea groups is 1. The second-order valence-electron chi connectivity index (χ2n) is 9.07. The molecule has 1 aromatic carbocycles. The van der Waals surface area contributed by atoms with E-state index in [2.05, 4.69) is 31.3 Å². The van der Waals surface area contributed by atoms with Crippen LogP contribution in [0.25, 0.3) is 6.08 Å². The van der Waals surface area contributed by atoms with E-state index < -0.39 is 0 Å². The number of nitrogens with one attached hydrogen (secondary N) is 1. The summed E-state index contributed by atoms with van der Waals surface area (Å²) in [6, 6.07) is 6.18. The van der Waals surface area contributed by atoms with Crippen LogP contribution in [0, 0.1) is 26.2 Å². The Morgan fingerprint density at radius 3 is 2.35 bits per heavy atom. The fourth-order valence-electron chi connectivity index (χ4n) is 4.65. The predicted octanol–water partition coefficient (Wildman–Crippen LogP) is 5.23. The third-order valence-corrected chi connectivity index (χ3v) is 7.61. The van der Waals surface area contributed by atoms with Gasteiger partial charge in [0.05, 0.1) is 0 Å². The second kappa shape index (κ2) is 8.87. The molecule has 0 saturated carbocycles. The van der Waals surface area contributed by atoms with E-state index in [-0.39, 0.29) is 17.4 Å². The second-order valence-corrected chi connectivity index (χ2v) is 9.85. The topological polar surface area (TPSA) is 52.7 Å². The van der Waals surface area contributed by atoms with Crippen LogP contribution in [0.4, 0.5) is 10.5 Å². The van der Waals surface area contributed by atoms with Gasteiger partial charge in [0, 0.05) is 37.9 Å². The molecule has 4 rings (SSSR count). The molecule has 1 spiro atoms.